The van der Waals surface area contributed by atoms with Crippen molar-refractivity contribution in [2.75, 3.05) is 20.8 Å². The van der Waals surface area contributed by atoms with E-state index in [9.17, 15) is 24.5 Å². The summed E-state index contributed by atoms with van der Waals surface area (Å²) in [5.41, 5.74) is 0.868. The Hall–Kier alpha value is -5.02. The van der Waals surface area contributed by atoms with E-state index in [4.69, 9.17) is 14.2 Å². The van der Waals surface area contributed by atoms with Crippen molar-refractivity contribution < 1.29 is 23.9 Å². The predicted molar refractivity (Wildman–Crippen MR) is 167 cm³/mol. The summed E-state index contributed by atoms with van der Waals surface area (Å²) in [6.45, 7) is 5.14. The summed E-state index contributed by atoms with van der Waals surface area (Å²) in [6, 6.07) is 9.66. The van der Waals surface area contributed by atoms with E-state index >= 15 is 0 Å². The number of hydrogen-bond acceptors (Lipinski definition) is 12. The van der Waals surface area contributed by atoms with Crippen LogP contribution >= 0.6 is 23.1 Å². The van der Waals surface area contributed by atoms with Crippen LogP contribution in [0, 0.1) is 17.0 Å². The number of aromatic nitrogens is 3. The van der Waals surface area contributed by atoms with Crippen LogP contribution in [0.4, 0.5) is 5.69 Å². The molecule has 0 saturated carbocycles. The van der Waals surface area contributed by atoms with Crippen LogP contribution in [0.25, 0.3) is 6.08 Å². The van der Waals surface area contributed by atoms with E-state index < -0.39 is 22.5 Å². The number of aromatic amines is 1. The number of allylic oxidation sites excluding steroid dienone is 1. The van der Waals surface area contributed by atoms with Gasteiger partial charge in [0, 0.05) is 40.4 Å². The molecule has 0 aliphatic carbocycles. The van der Waals surface area contributed by atoms with Gasteiger partial charge in [-0.05, 0) is 50.6 Å². The van der Waals surface area contributed by atoms with Crippen molar-refractivity contribution in [2.45, 2.75) is 36.9 Å². The number of nitro benzene ring substituents is 1. The molecule has 232 valence electrons. The molecule has 0 unspecified atom stereocenters. The topological polar surface area (TPSA) is 168 Å². The molecule has 4 aromatic rings. The van der Waals surface area contributed by atoms with E-state index in [-0.39, 0.29) is 33.1 Å². The maximum Gasteiger partial charge on any atom is 0.338 e. The minimum atomic E-state index is -0.955. The van der Waals surface area contributed by atoms with Gasteiger partial charge in [-0.3, -0.25) is 24.3 Å². The summed E-state index contributed by atoms with van der Waals surface area (Å²) in [4.78, 5) is 63.0. The molecule has 1 N–H and O–H groups in total. The van der Waals surface area contributed by atoms with Gasteiger partial charge in [0.2, 0.25) is 0 Å². The van der Waals surface area contributed by atoms with Gasteiger partial charge in [0.1, 0.15) is 17.5 Å². The molecular formula is C30H27N5O8S2. The van der Waals surface area contributed by atoms with Crippen LogP contribution in [-0.2, 0) is 9.53 Å². The number of carbonyl (C=O) groups excluding carboxylic acids is 1. The molecule has 45 heavy (non-hydrogen) atoms. The Morgan fingerprint density at radius 2 is 1.93 bits per heavy atom. The van der Waals surface area contributed by atoms with Crippen LogP contribution in [0.2, 0.25) is 0 Å². The Morgan fingerprint density at radius 3 is 2.60 bits per heavy atom. The van der Waals surface area contributed by atoms with Gasteiger partial charge in [0.05, 0.1) is 41.6 Å². The number of aryl methyl sites for hydroxylation is 1. The summed E-state index contributed by atoms with van der Waals surface area (Å²) >= 11 is 2.16. The highest BCUT2D eigenvalue weighted by Crippen LogP contribution is 2.38. The fraction of sp³-hybridized carbons (Fsp3) is 0.233. The summed E-state index contributed by atoms with van der Waals surface area (Å²) < 4.78 is 17.9. The fourth-order valence-electron chi connectivity index (χ4n) is 4.83. The molecule has 0 radical (unpaired) electrons. The predicted octanol–water partition coefficient (Wildman–Crippen LogP) is 3.27. The Balaban J connectivity index is 1.74. The van der Waals surface area contributed by atoms with Gasteiger partial charge in [0.15, 0.2) is 9.96 Å². The maximum absolute atomic E-state index is 14.2. The zero-order valence-electron chi connectivity index (χ0n) is 24.8. The number of ether oxygens (including phenoxy) is 3. The van der Waals surface area contributed by atoms with Crippen molar-refractivity contribution in [3.8, 4) is 11.5 Å². The molecule has 0 bridgehead atoms. The van der Waals surface area contributed by atoms with Crippen LogP contribution in [-0.4, -0.2) is 46.3 Å². The molecule has 2 aromatic carbocycles. The third-order valence-corrected chi connectivity index (χ3v) is 8.76. The number of nitro groups is 1. The van der Waals surface area contributed by atoms with E-state index in [1.807, 2.05) is 0 Å². The van der Waals surface area contributed by atoms with Crippen LogP contribution in [0.5, 0.6) is 11.5 Å². The minimum absolute atomic E-state index is 0.112. The second kappa shape index (κ2) is 12.9. The largest absolute Gasteiger partial charge is 0.497 e. The SMILES string of the molecule is CCOC(=O)C1=C(C)N=c2s/c(=C/c3cc([N+](=O)[O-])ccc3Sc3nc(C)cc(=O)[nH]3)c(=O)n2[C@@H]1c1ccc(OC)cc1OC. The molecule has 2 aromatic heterocycles. The lowest BCUT2D eigenvalue weighted by Crippen LogP contribution is -2.40. The van der Waals surface area contributed by atoms with Gasteiger partial charge < -0.3 is 19.2 Å². The summed E-state index contributed by atoms with van der Waals surface area (Å²) in [5.74, 6) is 0.261. The van der Waals surface area contributed by atoms with Gasteiger partial charge in [0.25, 0.3) is 16.8 Å². The Kier molecular flexibility index (Phi) is 9.01. The fourth-order valence-corrected chi connectivity index (χ4v) is 6.79. The van der Waals surface area contributed by atoms with E-state index in [1.54, 1.807) is 39.0 Å². The number of thiazole rings is 1. The average Bonchev–Trinajstić information content (AvgIpc) is 3.30. The van der Waals surface area contributed by atoms with Crippen LogP contribution in [0.3, 0.4) is 0 Å². The lowest BCUT2D eigenvalue weighted by atomic mass is 9.95. The average molecular weight is 650 g/mol. The van der Waals surface area contributed by atoms with E-state index in [1.165, 1.54) is 49.1 Å². The Labute approximate surface area is 263 Å². The summed E-state index contributed by atoms with van der Waals surface area (Å²) in [6.07, 6.45) is 1.53. The van der Waals surface area contributed by atoms with E-state index in [2.05, 4.69) is 15.0 Å². The molecule has 15 heteroatoms. The molecule has 1 aliphatic rings. The third-order valence-electron chi connectivity index (χ3n) is 6.80. The van der Waals surface area contributed by atoms with Gasteiger partial charge in [-0.1, -0.05) is 23.1 Å². The zero-order chi connectivity index (χ0) is 32.4. The first-order valence-corrected chi connectivity index (χ1v) is 15.1. The van der Waals surface area contributed by atoms with Crippen molar-refractivity contribution in [1.29, 1.82) is 0 Å². The number of methoxy groups -OCH3 is 2. The molecule has 1 aliphatic heterocycles. The number of nitrogens with one attached hydrogen (secondary N) is 1. The van der Waals surface area contributed by atoms with E-state index in [0.29, 0.717) is 43.7 Å². The first kappa shape index (κ1) is 31.4. The zero-order valence-corrected chi connectivity index (χ0v) is 26.4. The quantitative estimate of drug-likeness (QED) is 0.123. The molecule has 0 fully saturated rings. The Bertz CT molecular complexity index is 2120. The van der Waals surface area contributed by atoms with Gasteiger partial charge >= 0.3 is 5.97 Å². The lowest BCUT2D eigenvalue weighted by Gasteiger charge is -2.26. The van der Waals surface area contributed by atoms with Crippen LogP contribution < -0.4 is 29.9 Å². The summed E-state index contributed by atoms with van der Waals surface area (Å²) in [5, 5.41) is 11.9. The maximum atomic E-state index is 14.2. The number of hydrogen-bond donors (Lipinski definition) is 1. The van der Waals surface area contributed by atoms with Crippen LogP contribution in [0.1, 0.15) is 36.7 Å². The molecule has 0 amide bonds. The van der Waals surface area contributed by atoms with Crippen molar-refractivity contribution in [3.63, 3.8) is 0 Å². The van der Waals surface area contributed by atoms with E-state index in [0.717, 1.165) is 23.1 Å². The molecule has 5 rings (SSSR count). The number of benzene rings is 2. The van der Waals surface area contributed by atoms with Crippen molar-refractivity contribution in [2.24, 2.45) is 4.99 Å². The number of carbonyl (C=O) groups is 1. The molecule has 13 nitrogen and oxygen atoms in total. The highest BCUT2D eigenvalue weighted by atomic mass is 32.2. The van der Waals surface area contributed by atoms with Crippen LogP contribution in [0.15, 0.2) is 78.4 Å². The number of non-ortho nitro benzene ring substituents is 1. The molecular weight excluding hydrogens is 622 g/mol. The molecule has 0 saturated heterocycles. The van der Waals surface area contributed by atoms with Gasteiger partial charge in [-0.25, -0.2) is 14.8 Å². The standard InChI is InChI=1S/C30H27N5O8S2/c1-6-43-28(38)25-16(3)32-30-34(26(25)20-9-8-19(41-4)14-21(20)42-5)27(37)23(45-30)13-17-12-18(35(39)40)7-10-22(17)44-29-31-15(2)11-24(36)33-29/h7-14,26H,6H2,1-5H3,(H,31,33,36)/b23-13+/t26-/m1/s1. The highest BCUT2D eigenvalue weighted by Gasteiger charge is 2.35. The summed E-state index contributed by atoms with van der Waals surface area (Å²) in [7, 11) is 2.99. The third kappa shape index (κ3) is 6.30. The normalized spacial score (nSPS) is 14.5. The first-order valence-electron chi connectivity index (χ1n) is 13.5. The second-order valence-corrected chi connectivity index (χ2v) is 11.7. The van der Waals surface area contributed by atoms with Crippen molar-refractivity contribution in [1.82, 2.24) is 14.5 Å². The van der Waals surface area contributed by atoms with Crippen molar-refractivity contribution >= 4 is 40.8 Å². The smallest absolute Gasteiger partial charge is 0.338 e. The first-order chi connectivity index (χ1) is 21.5. The van der Waals surface area contributed by atoms with Gasteiger partial charge in [-0.15, -0.1) is 0 Å². The lowest BCUT2D eigenvalue weighted by molar-refractivity contribution is -0.384. The number of fused-ring (bicyclic) bond motifs is 1. The molecule has 1 atom stereocenters. The number of H-pyrrole nitrogens is 1. The number of nitrogens with zero attached hydrogens (tertiary/aromatic N) is 4. The Morgan fingerprint density at radius 1 is 1.16 bits per heavy atom. The molecule has 0 spiro atoms. The van der Waals surface area contributed by atoms with Gasteiger partial charge in [-0.2, -0.15) is 0 Å². The number of rotatable bonds is 9. The monoisotopic (exact) mass is 649 g/mol. The minimum Gasteiger partial charge on any atom is -0.497 e. The second-order valence-electron chi connectivity index (χ2n) is 9.68. The van der Waals surface area contributed by atoms with Crippen molar-refractivity contribution in [3.05, 3.63) is 111 Å². The highest BCUT2D eigenvalue weighted by molar-refractivity contribution is 7.99. The molecule has 3 heterocycles. The number of esters is 1.